The van der Waals surface area contributed by atoms with E-state index >= 15 is 0 Å². The van der Waals surface area contributed by atoms with Crippen molar-refractivity contribution in [2.75, 3.05) is 6.54 Å². The number of nitrogens with one attached hydrogen (secondary N) is 1. The fraction of sp³-hybridized carbons (Fsp3) is 0.462. The van der Waals surface area contributed by atoms with Crippen LogP contribution in [-0.4, -0.2) is 12.8 Å². The van der Waals surface area contributed by atoms with Crippen molar-refractivity contribution in [3.05, 3.63) is 36.3 Å². The van der Waals surface area contributed by atoms with Gasteiger partial charge in [0.05, 0.1) is 0 Å². The molecule has 0 saturated carbocycles. The van der Waals surface area contributed by atoms with Crippen LogP contribution < -0.4 is 11.1 Å². The molecule has 3 N–H and O–H groups in total. The molecule has 16 heavy (non-hydrogen) atoms. The van der Waals surface area contributed by atoms with E-state index in [1.54, 1.807) is 6.21 Å². The first-order valence-corrected chi connectivity index (χ1v) is 5.70. The maximum atomic E-state index is 5.57. The Labute approximate surface area is 98.8 Å². The minimum Gasteiger partial charge on any atom is -0.368 e. The Hall–Kier alpha value is -1.35. The first-order valence-electron chi connectivity index (χ1n) is 5.70. The number of allylic oxidation sites excluding steroid dienone is 2. The molecule has 0 aliphatic carbocycles. The molecule has 0 aliphatic heterocycles. The minimum absolute atomic E-state index is 0.465. The van der Waals surface area contributed by atoms with E-state index in [1.165, 1.54) is 12.8 Å². The summed E-state index contributed by atoms with van der Waals surface area (Å²) in [6.07, 6.45) is 11.2. The van der Waals surface area contributed by atoms with Crippen molar-refractivity contribution < 1.29 is 0 Å². The van der Waals surface area contributed by atoms with Crippen LogP contribution in [0.25, 0.3) is 0 Å². The average molecular weight is 221 g/mol. The number of hydrogen-bond donors (Lipinski definition) is 2. The SMILES string of the molecule is C=C(C)/N=C\C(=C/N/C=C\CCCC)CN. The van der Waals surface area contributed by atoms with Crippen LogP contribution in [-0.2, 0) is 0 Å². The fourth-order valence-electron chi connectivity index (χ4n) is 0.971. The number of unbranched alkanes of at least 4 members (excludes halogenated alkanes) is 2. The summed E-state index contributed by atoms with van der Waals surface area (Å²) in [4.78, 5) is 4.09. The summed E-state index contributed by atoms with van der Waals surface area (Å²) in [5.41, 5.74) is 7.29. The van der Waals surface area contributed by atoms with Gasteiger partial charge < -0.3 is 11.1 Å². The zero-order chi connectivity index (χ0) is 12.2. The highest BCUT2D eigenvalue weighted by Crippen LogP contribution is 1.94. The third-order valence-electron chi connectivity index (χ3n) is 1.89. The topological polar surface area (TPSA) is 50.4 Å². The largest absolute Gasteiger partial charge is 0.368 e. The molecule has 0 spiro atoms. The van der Waals surface area contributed by atoms with Gasteiger partial charge in [0.25, 0.3) is 0 Å². The van der Waals surface area contributed by atoms with E-state index in [2.05, 4.69) is 29.9 Å². The van der Waals surface area contributed by atoms with Gasteiger partial charge in [0, 0.05) is 24.7 Å². The Morgan fingerprint density at radius 2 is 2.25 bits per heavy atom. The van der Waals surface area contributed by atoms with E-state index in [4.69, 9.17) is 5.73 Å². The molecular formula is C13H23N3. The lowest BCUT2D eigenvalue weighted by Crippen LogP contribution is -2.07. The van der Waals surface area contributed by atoms with E-state index < -0.39 is 0 Å². The Kier molecular flexibility index (Phi) is 9.32. The zero-order valence-electron chi connectivity index (χ0n) is 10.4. The van der Waals surface area contributed by atoms with Crippen molar-refractivity contribution in [1.82, 2.24) is 5.32 Å². The Bertz CT molecular complexity index is 275. The number of nitrogens with two attached hydrogens (primary N) is 1. The predicted octanol–water partition coefficient (Wildman–Crippen LogP) is 2.73. The smallest absolute Gasteiger partial charge is 0.0330 e. The molecule has 0 radical (unpaired) electrons. The molecule has 0 bridgehead atoms. The standard InChI is InChI=1S/C13H23N3/c1-4-5-6-7-8-15-10-13(9-14)11-16-12(2)3/h7-8,10-11,15H,2,4-6,9,14H2,1,3H3/b8-7-,13-10-,16-11-. The highest BCUT2D eigenvalue weighted by atomic mass is 14.8. The van der Waals surface area contributed by atoms with E-state index in [1.807, 2.05) is 19.3 Å². The molecule has 0 aromatic heterocycles. The first-order chi connectivity index (χ1) is 7.70. The normalized spacial score (nSPS) is 12.6. The molecule has 0 heterocycles. The Morgan fingerprint density at radius 1 is 1.50 bits per heavy atom. The Balaban J connectivity index is 3.97. The molecule has 0 rings (SSSR count). The second-order valence-electron chi connectivity index (χ2n) is 3.63. The van der Waals surface area contributed by atoms with E-state index in [9.17, 15) is 0 Å². The number of nitrogens with zero attached hydrogens (tertiary/aromatic N) is 1. The zero-order valence-corrected chi connectivity index (χ0v) is 10.4. The number of hydrogen-bond acceptors (Lipinski definition) is 3. The van der Waals surface area contributed by atoms with Crippen LogP contribution in [0.1, 0.15) is 33.1 Å². The van der Waals surface area contributed by atoms with Crippen molar-refractivity contribution in [3.8, 4) is 0 Å². The number of rotatable bonds is 8. The van der Waals surface area contributed by atoms with E-state index in [0.29, 0.717) is 6.54 Å². The van der Waals surface area contributed by atoms with Crippen LogP contribution in [0, 0.1) is 0 Å². The van der Waals surface area contributed by atoms with Gasteiger partial charge in [-0.25, -0.2) is 0 Å². The second-order valence-corrected chi connectivity index (χ2v) is 3.63. The van der Waals surface area contributed by atoms with Gasteiger partial charge in [0.2, 0.25) is 0 Å². The molecule has 0 aromatic rings. The molecule has 0 fully saturated rings. The minimum atomic E-state index is 0.465. The number of aliphatic imine (C=N–C) groups is 1. The van der Waals surface area contributed by atoms with E-state index in [0.717, 1.165) is 17.7 Å². The lowest BCUT2D eigenvalue weighted by Gasteiger charge is -1.97. The van der Waals surface area contributed by atoms with Crippen molar-refractivity contribution in [1.29, 1.82) is 0 Å². The van der Waals surface area contributed by atoms with Crippen LogP contribution in [0.4, 0.5) is 0 Å². The molecule has 3 heteroatoms. The Morgan fingerprint density at radius 3 is 2.81 bits per heavy atom. The molecular weight excluding hydrogens is 198 g/mol. The monoisotopic (exact) mass is 221 g/mol. The summed E-state index contributed by atoms with van der Waals surface area (Å²) in [5, 5.41) is 3.08. The maximum Gasteiger partial charge on any atom is 0.0330 e. The van der Waals surface area contributed by atoms with Gasteiger partial charge in [0.1, 0.15) is 0 Å². The van der Waals surface area contributed by atoms with Gasteiger partial charge in [-0.05, 0) is 25.1 Å². The molecule has 0 atom stereocenters. The van der Waals surface area contributed by atoms with Crippen LogP contribution in [0.3, 0.4) is 0 Å². The summed E-state index contributed by atoms with van der Waals surface area (Å²) in [6.45, 7) is 8.19. The molecule has 90 valence electrons. The quantitative estimate of drug-likeness (QED) is 0.489. The highest BCUT2D eigenvalue weighted by molar-refractivity contribution is 5.79. The van der Waals surface area contributed by atoms with Gasteiger partial charge in [-0.2, -0.15) is 0 Å². The van der Waals surface area contributed by atoms with Crippen LogP contribution in [0.2, 0.25) is 0 Å². The second kappa shape index (κ2) is 10.2. The lowest BCUT2D eigenvalue weighted by molar-refractivity contribution is 0.812. The van der Waals surface area contributed by atoms with Gasteiger partial charge in [-0.3, -0.25) is 4.99 Å². The third kappa shape index (κ3) is 9.21. The molecule has 0 aromatic carbocycles. The maximum absolute atomic E-state index is 5.57. The van der Waals surface area contributed by atoms with Crippen LogP contribution in [0.5, 0.6) is 0 Å². The van der Waals surface area contributed by atoms with Crippen LogP contribution >= 0.6 is 0 Å². The summed E-state index contributed by atoms with van der Waals surface area (Å²) >= 11 is 0. The molecule has 3 nitrogen and oxygen atoms in total. The van der Waals surface area contributed by atoms with Gasteiger partial charge in [-0.15, -0.1) is 0 Å². The fourth-order valence-corrected chi connectivity index (χ4v) is 0.971. The van der Waals surface area contributed by atoms with Crippen molar-refractivity contribution in [2.45, 2.75) is 33.1 Å². The summed E-state index contributed by atoms with van der Waals surface area (Å²) in [6, 6.07) is 0. The third-order valence-corrected chi connectivity index (χ3v) is 1.89. The van der Waals surface area contributed by atoms with Gasteiger partial charge >= 0.3 is 0 Å². The molecule has 0 saturated heterocycles. The summed E-state index contributed by atoms with van der Waals surface area (Å²) < 4.78 is 0. The van der Waals surface area contributed by atoms with Crippen molar-refractivity contribution in [2.24, 2.45) is 10.7 Å². The van der Waals surface area contributed by atoms with E-state index in [-0.39, 0.29) is 0 Å². The van der Waals surface area contributed by atoms with Gasteiger partial charge in [-0.1, -0.05) is 32.4 Å². The lowest BCUT2D eigenvalue weighted by atomic mass is 10.2. The molecule has 0 amide bonds. The van der Waals surface area contributed by atoms with Gasteiger partial charge in [0.15, 0.2) is 0 Å². The first kappa shape index (κ1) is 14.6. The van der Waals surface area contributed by atoms with Crippen molar-refractivity contribution >= 4 is 6.21 Å². The summed E-state index contributed by atoms with van der Waals surface area (Å²) in [5.74, 6) is 0. The average Bonchev–Trinajstić information content (AvgIpc) is 2.27. The van der Waals surface area contributed by atoms with Crippen molar-refractivity contribution in [3.63, 3.8) is 0 Å². The predicted molar refractivity (Wildman–Crippen MR) is 72.2 cm³/mol. The summed E-state index contributed by atoms with van der Waals surface area (Å²) in [7, 11) is 0. The highest BCUT2D eigenvalue weighted by Gasteiger charge is 1.87. The molecule has 0 aliphatic rings. The molecule has 0 unspecified atom stereocenters. The van der Waals surface area contributed by atoms with Crippen LogP contribution in [0.15, 0.2) is 41.3 Å².